The van der Waals surface area contributed by atoms with Crippen molar-refractivity contribution in [1.82, 2.24) is 4.57 Å². The van der Waals surface area contributed by atoms with Gasteiger partial charge in [-0.1, -0.05) is 53.5 Å². The van der Waals surface area contributed by atoms with Crippen molar-refractivity contribution in [2.24, 2.45) is 0 Å². The molecular weight excluding hydrogens is 377 g/mol. The van der Waals surface area contributed by atoms with Gasteiger partial charge in [0, 0.05) is 27.4 Å². The van der Waals surface area contributed by atoms with Crippen molar-refractivity contribution in [2.75, 3.05) is 0 Å². The van der Waals surface area contributed by atoms with Gasteiger partial charge in [-0.2, -0.15) is 0 Å². The lowest BCUT2D eigenvalue weighted by Crippen LogP contribution is -2.21. The van der Waals surface area contributed by atoms with E-state index in [9.17, 15) is 0 Å². The maximum atomic E-state index is 6.40. The molecule has 27 heavy (non-hydrogen) atoms. The summed E-state index contributed by atoms with van der Waals surface area (Å²) < 4.78 is 8.69. The summed E-state index contributed by atoms with van der Waals surface area (Å²) in [6.07, 6.45) is 1.72. The first-order valence-electron chi connectivity index (χ1n) is 9.00. The van der Waals surface area contributed by atoms with Gasteiger partial charge in [-0.25, -0.2) is 0 Å². The van der Waals surface area contributed by atoms with Crippen LogP contribution in [0.25, 0.3) is 22.2 Å². The van der Waals surface area contributed by atoms with Gasteiger partial charge >= 0.3 is 0 Å². The zero-order chi connectivity index (χ0) is 18.4. The molecule has 134 valence electrons. The van der Waals surface area contributed by atoms with Crippen LogP contribution in [0.5, 0.6) is 5.75 Å². The number of aryl methyl sites for hydroxylation is 1. The fourth-order valence-corrected chi connectivity index (χ4v) is 4.19. The number of aromatic nitrogens is 1. The van der Waals surface area contributed by atoms with Crippen molar-refractivity contribution in [3.63, 3.8) is 0 Å². The van der Waals surface area contributed by atoms with Crippen LogP contribution < -0.4 is 4.74 Å². The van der Waals surface area contributed by atoms with Crippen LogP contribution in [0.3, 0.4) is 0 Å². The van der Waals surface area contributed by atoms with Gasteiger partial charge in [0.15, 0.2) is 6.23 Å². The SMILES string of the molecule is Clc1ccc2c(c1)O[C@@H](CCc1ccccc1)n1c-2cc2cc(Cl)ccc21. The molecule has 0 bridgehead atoms. The molecule has 1 aromatic heterocycles. The predicted molar refractivity (Wildman–Crippen MR) is 112 cm³/mol. The topological polar surface area (TPSA) is 14.2 Å². The Balaban J connectivity index is 1.62. The van der Waals surface area contributed by atoms with Crippen molar-refractivity contribution in [3.05, 3.63) is 88.4 Å². The normalized spacial score (nSPS) is 15.3. The molecule has 0 saturated heterocycles. The van der Waals surface area contributed by atoms with Crippen LogP contribution in [0.2, 0.25) is 10.0 Å². The second-order valence-electron chi connectivity index (χ2n) is 6.84. The van der Waals surface area contributed by atoms with Gasteiger partial charge in [0.2, 0.25) is 0 Å². The minimum atomic E-state index is -0.0927. The number of rotatable bonds is 3. The van der Waals surface area contributed by atoms with Crippen LogP contribution in [-0.2, 0) is 6.42 Å². The predicted octanol–water partition coefficient (Wildman–Crippen LogP) is 7.14. The Morgan fingerprint density at radius 3 is 2.48 bits per heavy atom. The molecule has 2 heterocycles. The highest BCUT2D eigenvalue weighted by Gasteiger charge is 2.27. The second kappa shape index (κ2) is 6.63. The fourth-order valence-electron chi connectivity index (χ4n) is 3.85. The Morgan fingerprint density at radius 2 is 1.63 bits per heavy atom. The van der Waals surface area contributed by atoms with Crippen molar-refractivity contribution in [2.45, 2.75) is 19.1 Å². The van der Waals surface area contributed by atoms with Gasteiger partial charge in [-0.05, 0) is 54.4 Å². The molecule has 0 amide bonds. The second-order valence-corrected chi connectivity index (χ2v) is 7.71. The van der Waals surface area contributed by atoms with E-state index in [-0.39, 0.29) is 6.23 Å². The van der Waals surface area contributed by atoms with Gasteiger partial charge in [0.1, 0.15) is 5.75 Å². The Bertz CT molecular complexity index is 1130. The molecule has 4 heteroatoms. The third kappa shape index (κ3) is 2.99. The monoisotopic (exact) mass is 393 g/mol. The van der Waals surface area contributed by atoms with Crippen LogP contribution in [0.15, 0.2) is 72.8 Å². The lowest BCUT2D eigenvalue weighted by Gasteiger charge is -2.30. The summed E-state index contributed by atoms with van der Waals surface area (Å²) in [5, 5.41) is 2.54. The van der Waals surface area contributed by atoms with E-state index >= 15 is 0 Å². The van der Waals surface area contributed by atoms with E-state index < -0.39 is 0 Å². The molecule has 1 aliphatic rings. The first-order chi connectivity index (χ1) is 13.2. The minimum absolute atomic E-state index is 0.0927. The molecule has 5 rings (SSSR count). The highest BCUT2D eigenvalue weighted by Crippen LogP contribution is 2.44. The summed E-state index contributed by atoms with van der Waals surface area (Å²) in [4.78, 5) is 0. The van der Waals surface area contributed by atoms with Gasteiger partial charge in [-0.3, -0.25) is 0 Å². The largest absolute Gasteiger partial charge is 0.469 e. The number of halogens is 2. The van der Waals surface area contributed by atoms with Gasteiger partial charge in [0.05, 0.1) is 11.2 Å². The standard InChI is InChI=1S/C23H17Cl2NO/c24-17-8-10-20-16(12-17)13-21-19-9-7-18(25)14-22(19)27-23(26(20)21)11-6-15-4-2-1-3-5-15/h1-5,7-10,12-14,23H,6,11H2/t23-/m0/s1. The molecule has 0 unspecified atom stereocenters. The zero-order valence-electron chi connectivity index (χ0n) is 14.5. The van der Waals surface area contributed by atoms with Gasteiger partial charge in [0.25, 0.3) is 0 Å². The van der Waals surface area contributed by atoms with E-state index in [1.165, 1.54) is 5.56 Å². The molecule has 0 N–H and O–H groups in total. The number of fused-ring (bicyclic) bond motifs is 5. The van der Waals surface area contributed by atoms with E-state index in [1.807, 2.05) is 36.4 Å². The molecule has 0 saturated carbocycles. The van der Waals surface area contributed by atoms with Crippen LogP contribution in [-0.4, -0.2) is 4.57 Å². The maximum absolute atomic E-state index is 6.40. The average molecular weight is 394 g/mol. The highest BCUT2D eigenvalue weighted by molar-refractivity contribution is 6.31. The number of benzene rings is 3. The van der Waals surface area contributed by atoms with Crippen molar-refractivity contribution < 1.29 is 4.74 Å². The maximum Gasteiger partial charge on any atom is 0.176 e. The summed E-state index contributed by atoms with van der Waals surface area (Å²) in [6, 6.07) is 24.5. The number of hydrogen-bond acceptors (Lipinski definition) is 1. The Labute approximate surface area is 167 Å². The van der Waals surface area contributed by atoms with Crippen LogP contribution >= 0.6 is 23.2 Å². The summed E-state index contributed by atoms with van der Waals surface area (Å²) in [7, 11) is 0. The Kier molecular flexibility index (Phi) is 4.11. The van der Waals surface area contributed by atoms with Crippen LogP contribution in [0.4, 0.5) is 0 Å². The first kappa shape index (κ1) is 16.7. The average Bonchev–Trinajstić information content (AvgIpc) is 3.05. The third-order valence-corrected chi connectivity index (χ3v) is 5.56. The van der Waals surface area contributed by atoms with E-state index in [2.05, 4.69) is 41.0 Å². The lowest BCUT2D eigenvalue weighted by molar-refractivity contribution is 0.122. The van der Waals surface area contributed by atoms with Gasteiger partial charge in [-0.15, -0.1) is 0 Å². The molecule has 1 aliphatic heterocycles. The lowest BCUT2D eigenvalue weighted by atomic mass is 10.1. The fraction of sp³-hybridized carbons (Fsp3) is 0.130. The molecule has 4 aromatic rings. The molecule has 0 spiro atoms. The molecular formula is C23H17Cl2NO. The number of hydrogen-bond donors (Lipinski definition) is 0. The van der Waals surface area contributed by atoms with Crippen molar-refractivity contribution in [1.29, 1.82) is 0 Å². The quantitative estimate of drug-likeness (QED) is 0.360. The van der Waals surface area contributed by atoms with E-state index in [4.69, 9.17) is 27.9 Å². The van der Waals surface area contributed by atoms with E-state index in [0.717, 1.165) is 45.8 Å². The molecule has 0 fully saturated rings. The first-order valence-corrected chi connectivity index (χ1v) is 9.76. The molecule has 1 atom stereocenters. The molecule has 0 aliphatic carbocycles. The smallest absolute Gasteiger partial charge is 0.176 e. The van der Waals surface area contributed by atoms with Crippen LogP contribution in [0.1, 0.15) is 18.2 Å². The summed E-state index contributed by atoms with van der Waals surface area (Å²) in [5.74, 6) is 0.835. The molecule has 0 radical (unpaired) electrons. The summed E-state index contributed by atoms with van der Waals surface area (Å²) in [6.45, 7) is 0. The zero-order valence-corrected chi connectivity index (χ0v) is 16.0. The van der Waals surface area contributed by atoms with Gasteiger partial charge < -0.3 is 9.30 Å². The van der Waals surface area contributed by atoms with Crippen LogP contribution in [0, 0.1) is 0 Å². The van der Waals surface area contributed by atoms with E-state index in [1.54, 1.807) is 0 Å². The summed E-state index contributed by atoms with van der Waals surface area (Å²) >= 11 is 12.4. The number of ether oxygens (including phenoxy) is 1. The Hall–Kier alpha value is -2.42. The third-order valence-electron chi connectivity index (χ3n) is 5.09. The van der Waals surface area contributed by atoms with E-state index in [0.29, 0.717) is 5.02 Å². The van der Waals surface area contributed by atoms with Crippen molar-refractivity contribution >= 4 is 34.1 Å². The van der Waals surface area contributed by atoms with Crippen molar-refractivity contribution in [3.8, 4) is 17.0 Å². The molecule has 2 nitrogen and oxygen atoms in total. The summed E-state index contributed by atoms with van der Waals surface area (Å²) in [5.41, 5.74) is 4.64. The highest BCUT2D eigenvalue weighted by atomic mass is 35.5. The Morgan fingerprint density at radius 1 is 0.852 bits per heavy atom. The molecule has 3 aromatic carbocycles. The minimum Gasteiger partial charge on any atom is -0.469 e. The number of nitrogens with zero attached hydrogens (tertiary/aromatic N) is 1.